The van der Waals surface area contributed by atoms with Crippen LogP contribution in [-0.4, -0.2) is 30.6 Å². The van der Waals surface area contributed by atoms with Crippen LogP contribution < -0.4 is 5.73 Å². The van der Waals surface area contributed by atoms with Crippen LogP contribution in [0.2, 0.25) is 0 Å². The molecule has 0 saturated heterocycles. The second kappa shape index (κ2) is 5.34. The molecule has 1 heterocycles. The summed E-state index contributed by atoms with van der Waals surface area (Å²) in [5, 5.41) is 0. The van der Waals surface area contributed by atoms with Gasteiger partial charge in [0.25, 0.3) is 0 Å². The van der Waals surface area contributed by atoms with Crippen LogP contribution in [-0.2, 0) is 0 Å². The highest BCUT2D eigenvalue weighted by Gasteiger charge is 2.41. The third-order valence-electron chi connectivity index (χ3n) is 5.72. The van der Waals surface area contributed by atoms with Crippen molar-refractivity contribution in [2.24, 2.45) is 23.0 Å². The van der Waals surface area contributed by atoms with E-state index < -0.39 is 0 Å². The predicted octanol–water partition coefficient (Wildman–Crippen LogP) is 3.04. The van der Waals surface area contributed by atoms with E-state index in [4.69, 9.17) is 5.73 Å². The maximum atomic E-state index is 6.24. The summed E-state index contributed by atoms with van der Waals surface area (Å²) in [5.41, 5.74) is 8.19. The monoisotopic (exact) mass is 250 g/mol. The molecule has 0 spiro atoms. The fraction of sp³-hybridized carbons (Fsp3) is 0.875. The van der Waals surface area contributed by atoms with E-state index in [1.54, 1.807) is 5.57 Å². The highest BCUT2D eigenvalue weighted by Crippen LogP contribution is 2.44. The van der Waals surface area contributed by atoms with Crippen LogP contribution in [0.3, 0.4) is 0 Å². The van der Waals surface area contributed by atoms with Crippen LogP contribution in [0.15, 0.2) is 11.6 Å². The van der Waals surface area contributed by atoms with E-state index in [1.807, 2.05) is 0 Å². The molecule has 104 valence electrons. The van der Waals surface area contributed by atoms with Crippen molar-refractivity contribution in [1.29, 1.82) is 0 Å². The van der Waals surface area contributed by atoms with E-state index in [0.29, 0.717) is 17.4 Å². The van der Waals surface area contributed by atoms with E-state index in [-0.39, 0.29) is 0 Å². The Morgan fingerprint density at radius 2 is 2.11 bits per heavy atom. The smallest absolute Gasteiger partial charge is 0.0165 e. The van der Waals surface area contributed by atoms with Gasteiger partial charge in [-0.25, -0.2) is 0 Å². The average Bonchev–Trinajstić information content (AvgIpc) is 2.33. The lowest BCUT2D eigenvalue weighted by molar-refractivity contribution is 0.0303. The van der Waals surface area contributed by atoms with E-state index >= 15 is 0 Å². The Hall–Kier alpha value is -0.340. The molecule has 2 nitrogen and oxygen atoms in total. The molecule has 0 aromatic rings. The second-order valence-electron chi connectivity index (χ2n) is 7.11. The fourth-order valence-electron chi connectivity index (χ4n) is 3.56. The number of rotatable bonds is 2. The molecule has 1 aliphatic carbocycles. The summed E-state index contributed by atoms with van der Waals surface area (Å²) < 4.78 is 0. The van der Waals surface area contributed by atoms with Crippen LogP contribution in [0.25, 0.3) is 0 Å². The van der Waals surface area contributed by atoms with Gasteiger partial charge in [-0.15, -0.1) is 0 Å². The molecule has 2 N–H and O–H groups in total. The Balaban J connectivity index is 1.97. The molecule has 3 unspecified atom stereocenters. The highest BCUT2D eigenvalue weighted by molar-refractivity contribution is 5.04. The summed E-state index contributed by atoms with van der Waals surface area (Å²) >= 11 is 0. The van der Waals surface area contributed by atoms with Gasteiger partial charge in [0.2, 0.25) is 0 Å². The Kier molecular flexibility index (Phi) is 4.18. The van der Waals surface area contributed by atoms with Crippen molar-refractivity contribution in [2.75, 3.05) is 19.6 Å². The SMILES string of the molecule is CC1=CCN(CC2CCC(N)C(C)C2(C)C)CC1. The molecule has 3 atom stereocenters. The van der Waals surface area contributed by atoms with Crippen molar-refractivity contribution in [3.05, 3.63) is 11.6 Å². The Bertz CT molecular complexity index is 319. The largest absolute Gasteiger partial charge is 0.327 e. The summed E-state index contributed by atoms with van der Waals surface area (Å²) in [5.74, 6) is 1.44. The van der Waals surface area contributed by atoms with Gasteiger partial charge in [-0.1, -0.05) is 32.4 Å². The molecule has 1 saturated carbocycles. The first kappa shape index (κ1) is 14.1. The van der Waals surface area contributed by atoms with Gasteiger partial charge in [0.1, 0.15) is 0 Å². The molecule has 18 heavy (non-hydrogen) atoms. The van der Waals surface area contributed by atoms with Gasteiger partial charge in [0, 0.05) is 25.7 Å². The highest BCUT2D eigenvalue weighted by atomic mass is 15.1. The molecule has 0 aromatic heterocycles. The lowest BCUT2D eigenvalue weighted by Crippen LogP contribution is -2.50. The lowest BCUT2D eigenvalue weighted by atomic mass is 9.61. The third kappa shape index (κ3) is 2.80. The minimum atomic E-state index is 0.383. The Morgan fingerprint density at radius 1 is 1.39 bits per heavy atom. The van der Waals surface area contributed by atoms with Crippen molar-refractivity contribution >= 4 is 0 Å². The Morgan fingerprint density at radius 3 is 2.72 bits per heavy atom. The quantitative estimate of drug-likeness (QED) is 0.763. The van der Waals surface area contributed by atoms with E-state index in [1.165, 1.54) is 32.4 Å². The van der Waals surface area contributed by atoms with Crippen LogP contribution in [0.1, 0.15) is 47.0 Å². The zero-order valence-corrected chi connectivity index (χ0v) is 12.6. The first-order valence-corrected chi connectivity index (χ1v) is 7.55. The number of hydrogen-bond acceptors (Lipinski definition) is 2. The van der Waals surface area contributed by atoms with Crippen LogP contribution in [0, 0.1) is 17.3 Å². The molecule has 0 aromatic carbocycles. The zero-order valence-electron chi connectivity index (χ0n) is 12.6. The van der Waals surface area contributed by atoms with E-state index in [9.17, 15) is 0 Å². The average molecular weight is 250 g/mol. The van der Waals surface area contributed by atoms with Gasteiger partial charge >= 0.3 is 0 Å². The minimum Gasteiger partial charge on any atom is -0.327 e. The van der Waals surface area contributed by atoms with Crippen LogP contribution in [0.4, 0.5) is 0 Å². The maximum Gasteiger partial charge on any atom is 0.0165 e. The molecule has 2 heteroatoms. The summed E-state index contributed by atoms with van der Waals surface area (Å²) in [6, 6.07) is 0.403. The van der Waals surface area contributed by atoms with E-state index in [2.05, 4.69) is 38.7 Å². The first-order chi connectivity index (χ1) is 8.41. The summed E-state index contributed by atoms with van der Waals surface area (Å²) in [6.45, 7) is 13.1. The molecule has 1 fully saturated rings. The molecule has 1 aliphatic heterocycles. The molecule has 0 amide bonds. The lowest BCUT2D eigenvalue weighted by Gasteiger charge is -2.48. The van der Waals surface area contributed by atoms with Gasteiger partial charge in [-0.05, 0) is 43.4 Å². The Labute approximate surface area is 113 Å². The first-order valence-electron chi connectivity index (χ1n) is 7.55. The van der Waals surface area contributed by atoms with Crippen molar-refractivity contribution in [1.82, 2.24) is 4.90 Å². The fourth-order valence-corrected chi connectivity index (χ4v) is 3.56. The van der Waals surface area contributed by atoms with Crippen molar-refractivity contribution in [3.63, 3.8) is 0 Å². The number of hydrogen-bond donors (Lipinski definition) is 1. The third-order valence-corrected chi connectivity index (χ3v) is 5.72. The predicted molar refractivity (Wildman–Crippen MR) is 78.5 cm³/mol. The minimum absolute atomic E-state index is 0.383. The molecule has 0 radical (unpaired) electrons. The van der Waals surface area contributed by atoms with Crippen molar-refractivity contribution in [3.8, 4) is 0 Å². The van der Waals surface area contributed by atoms with Gasteiger partial charge in [0.05, 0.1) is 0 Å². The van der Waals surface area contributed by atoms with Crippen molar-refractivity contribution < 1.29 is 0 Å². The molecule has 0 bridgehead atoms. The van der Waals surface area contributed by atoms with Gasteiger partial charge in [-0.2, -0.15) is 0 Å². The van der Waals surface area contributed by atoms with Gasteiger partial charge in [0.15, 0.2) is 0 Å². The van der Waals surface area contributed by atoms with Crippen LogP contribution >= 0.6 is 0 Å². The molecule has 2 rings (SSSR count). The van der Waals surface area contributed by atoms with Gasteiger partial charge < -0.3 is 5.73 Å². The zero-order chi connectivity index (χ0) is 13.3. The maximum absolute atomic E-state index is 6.24. The topological polar surface area (TPSA) is 29.3 Å². The van der Waals surface area contributed by atoms with Crippen LogP contribution in [0.5, 0.6) is 0 Å². The molecular formula is C16H30N2. The summed E-state index contributed by atoms with van der Waals surface area (Å²) in [6.07, 6.45) is 6.16. The molecular weight excluding hydrogens is 220 g/mol. The van der Waals surface area contributed by atoms with E-state index in [0.717, 1.165) is 12.5 Å². The second-order valence-corrected chi connectivity index (χ2v) is 7.11. The van der Waals surface area contributed by atoms with Crippen molar-refractivity contribution in [2.45, 2.75) is 53.0 Å². The summed E-state index contributed by atoms with van der Waals surface area (Å²) in [4.78, 5) is 2.63. The normalized spacial score (nSPS) is 37.4. The van der Waals surface area contributed by atoms with Gasteiger partial charge in [-0.3, -0.25) is 4.90 Å². The number of nitrogens with zero attached hydrogens (tertiary/aromatic N) is 1. The molecule has 2 aliphatic rings. The number of nitrogens with two attached hydrogens (primary N) is 1. The summed E-state index contributed by atoms with van der Waals surface area (Å²) in [7, 11) is 0. The standard InChI is InChI=1S/C16H30N2/c1-12-7-9-18(10-8-12)11-14-5-6-15(17)13(2)16(14,3)4/h7,13-15H,5-6,8-11,17H2,1-4H3.